The van der Waals surface area contributed by atoms with E-state index in [-0.39, 0.29) is 5.54 Å². The quantitative estimate of drug-likeness (QED) is 0.883. The van der Waals surface area contributed by atoms with Gasteiger partial charge in [0.1, 0.15) is 5.82 Å². The van der Waals surface area contributed by atoms with Crippen LogP contribution < -0.4 is 5.73 Å². The summed E-state index contributed by atoms with van der Waals surface area (Å²) in [6, 6.07) is 2.17. The Balaban J connectivity index is 1.92. The highest BCUT2D eigenvalue weighted by Crippen LogP contribution is 2.36. The van der Waals surface area contributed by atoms with Gasteiger partial charge < -0.3 is 5.73 Å². The van der Waals surface area contributed by atoms with Crippen molar-refractivity contribution in [2.45, 2.75) is 76.2 Å². The van der Waals surface area contributed by atoms with Crippen LogP contribution in [0.4, 0.5) is 0 Å². The first kappa shape index (κ1) is 13.0. The predicted octanol–water partition coefficient (Wildman–Crippen LogP) is 3.56. The minimum Gasteiger partial charge on any atom is -0.319 e. The Morgan fingerprint density at radius 2 is 1.74 bits per heavy atom. The topological polar surface area (TPSA) is 51.8 Å². The molecule has 2 aliphatic carbocycles. The number of nitrogens with two attached hydrogens (primary N) is 1. The zero-order chi connectivity index (χ0) is 13.3. The van der Waals surface area contributed by atoms with Gasteiger partial charge in [0.15, 0.2) is 0 Å². The fourth-order valence-electron chi connectivity index (χ4n) is 3.65. The number of nitrogens with zero attached hydrogens (tertiary/aromatic N) is 2. The Labute approximate surface area is 116 Å². The molecule has 1 aromatic heterocycles. The second-order valence-electron chi connectivity index (χ2n) is 6.46. The first-order valence-electron chi connectivity index (χ1n) is 7.82. The highest BCUT2D eigenvalue weighted by Gasteiger charge is 2.33. The van der Waals surface area contributed by atoms with E-state index in [4.69, 9.17) is 10.7 Å². The van der Waals surface area contributed by atoms with Gasteiger partial charge in [-0.05, 0) is 38.7 Å². The summed E-state index contributed by atoms with van der Waals surface area (Å²) >= 11 is 0. The summed E-state index contributed by atoms with van der Waals surface area (Å²) in [5, 5.41) is 0. The van der Waals surface area contributed by atoms with Crippen LogP contribution in [0, 0.1) is 6.92 Å². The van der Waals surface area contributed by atoms with Gasteiger partial charge in [-0.2, -0.15) is 0 Å². The molecule has 2 N–H and O–H groups in total. The van der Waals surface area contributed by atoms with Crippen molar-refractivity contribution in [1.82, 2.24) is 9.97 Å². The van der Waals surface area contributed by atoms with Crippen molar-refractivity contribution in [1.29, 1.82) is 0 Å². The second-order valence-corrected chi connectivity index (χ2v) is 6.46. The standard InChI is InChI=1S/C16H25N3/c1-12-11-14(13-7-3-4-8-13)19-15(18-12)16(17)9-5-2-6-10-16/h11,13H,2-10,17H2,1H3. The molecule has 3 rings (SSSR count). The van der Waals surface area contributed by atoms with Crippen molar-refractivity contribution in [2.75, 3.05) is 0 Å². The third-order valence-electron chi connectivity index (χ3n) is 4.84. The molecule has 1 aromatic rings. The van der Waals surface area contributed by atoms with E-state index in [2.05, 4.69) is 18.0 Å². The normalized spacial score (nSPS) is 23.7. The Kier molecular flexibility index (Phi) is 3.57. The molecule has 1 heterocycles. The van der Waals surface area contributed by atoms with Crippen molar-refractivity contribution in [3.05, 3.63) is 23.3 Å². The summed E-state index contributed by atoms with van der Waals surface area (Å²) in [7, 11) is 0. The molecule has 2 fully saturated rings. The smallest absolute Gasteiger partial charge is 0.148 e. The maximum Gasteiger partial charge on any atom is 0.148 e. The van der Waals surface area contributed by atoms with Gasteiger partial charge in [-0.1, -0.05) is 32.1 Å². The van der Waals surface area contributed by atoms with Crippen LogP contribution in [-0.2, 0) is 5.54 Å². The van der Waals surface area contributed by atoms with Crippen LogP contribution >= 0.6 is 0 Å². The van der Waals surface area contributed by atoms with Gasteiger partial charge in [0, 0.05) is 17.3 Å². The summed E-state index contributed by atoms with van der Waals surface area (Å²) in [5.41, 5.74) is 8.66. The Hall–Kier alpha value is -0.960. The fraction of sp³-hybridized carbons (Fsp3) is 0.750. The lowest BCUT2D eigenvalue weighted by molar-refractivity contribution is 0.285. The van der Waals surface area contributed by atoms with E-state index in [0.29, 0.717) is 5.92 Å². The number of aryl methyl sites for hydroxylation is 1. The van der Waals surface area contributed by atoms with Crippen molar-refractivity contribution in [3.8, 4) is 0 Å². The van der Waals surface area contributed by atoms with Crippen LogP contribution in [0.1, 0.15) is 80.9 Å². The predicted molar refractivity (Wildman–Crippen MR) is 76.9 cm³/mol. The van der Waals surface area contributed by atoms with Crippen molar-refractivity contribution in [2.24, 2.45) is 5.73 Å². The first-order valence-corrected chi connectivity index (χ1v) is 7.82. The SMILES string of the molecule is Cc1cc(C2CCCC2)nc(C2(N)CCCCC2)n1. The van der Waals surface area contributed by atoms with Gasteiger partial charge in [0.2, 0.25) is 0 Å². The van der Waals surface area contributed by atoms with E-state index < -0.39 is 0 Å². The van der Waals surface area contributed by atoms with Gasteiger partial charge in [-0.15, -0.1) is 0 Å². The van der Waals surface area contributed by atoms with Gasteiger partial charge >= 0.3 is 0 Å². The largest absolute Gasteiger partial charge is 0.319 e. The van der Waals surface area contributed by atoms with E-state index in [9.17, 15) is 0 Å². The summed E-state index contributed by atoms with van der Waals surface area (Å²) in [5.74, 6) is 1.56. The zero-order valence-electron chi connectivity index (χ0n) is 12.0. The van der Waals surface area contributed by atoms with Crippen LogP contribution in [-0.4, -0.2) is 9.97 Å². The van der Waals surface area contributed by atoms with Gasteiger partial charge in [0.05, 0.1) is 5.54 Å². The summed E-state index contributed by atoms with van der Waals surface area (Å²) in [6.45, 7) is 2.08. The van der Waals surface area contributed by atoms with Gasteiger partial charge in [-0.25, -0.2) is 9.97 Å². The fourth-order valence-corrected chi connectivity index (χ4v) is 3.65. The number of aromatic nitrogens is 2. The Morgan fingerprint density at radius 1 is 1.05 bits per heavy atom. The minimum atomic E-state index is -0.266. The summed E-state index contributed by atoms with van der Waals surface area (Å²) < 4.78 is 0. The molecular weight excluding hydrogens is 234 g/mol. The maximum atomic E-state index is 6.59. The Bertz CT molecular complexity index is 443. The molecule has 0 saturated heterocycles. The molecule has 0 aliphatic heterocycles. The molecule has 0 radical (unpaired) electrons. The highest BCUT2D eigenvalue weighted by atomic mass is 15.0. The molecule has 3 nitrogen and oxygen atoms in total. The van der Waals surface area contributed by atoms with E-state index in [1.807, 2.05) is 0 Å². The molecule has 2 aliphatic rings. The van der Waals surface area contributed by atoms with Gasteiger partial charge in [-0.3, -0.25) is 0 Å². The molecule has 0 amide bonds. The van der Waals surface area contributed by atoms with Crippen LogP contribution in [0.5, 0.6) is 0 Å². The van der Waals surface area contributed by atoms with E-state index in [1.54, 1.807) is 0 Å². The number of rotatable bonds is 2. The molecule has 19 heavy (non-hydrogen) atoms. The molecule has 0 atom stereocenters. The van der Waals surface area contributed by atoms with Crippen LogP contribution in [0.15, 0.2) is 6.07 Å². The lowest BCUT2D eigenvalue weighted by Gasteiger charge is -2.32. The van der Waals surface area contributed by atoms with Crippen LogP contribution in [0.2, 0.25) is 0 Å². The first-order chi connectivity index (χ1) is 9.17. The second kappa shape index (κ2) is 5.20. The average molecular weight is 259 g/mol. The molecule has 0 bridgehead atoms. The van der Waals surface area contributed by atoms with E-state index in [1.165, 1.54) is 50.6 Å². The lowest BCUT2D eigenvalue weighted by Crippen LogP contribution is -2.40. The molecule has 0 spiro atoms. The molecule has 3 heteroatoms. The molecule has 2 saturated carbocycles. The highest BCUT2D eigenvalue weighted by molar-refractivity contribution is 5.19. The third kappa shape index (κ3) is 2.66. The molecule has 0 unspecified atom stereocenters. The third-order valence-corrected chi connectivity index (χ3v) is 4.84. The van der Waals surface area contributed by atoms with E-state index in [0.717, 1.165) is 24.4 Å². The van der Waals surface area contributed by atoms with Crippen LogP contribution in [0.3, 0.4) is 0 Å². The lowest BCUT2D eigenvalue weighted by atomic mass is 9.81. The van der Waals surface area contributed by atoms with Crippen molar-refractivity contribution < 1.29 is 0 Å². The number of hydrogen-bond acceptors (Lipinski definition) is 3. The maximum absolute atomic E-state index is 6.59. The summed E-state index contributed by atoms with van der Waals surface area (Å²) in [4.78, 5) is 9.54. The summed E-state index contributed by atoms with van der Waals surface area (Å²) in [6.07, 6.45) is 11.1. The van der Waals surface area contributed by atoms with Crippen molar-refractivity contribution >= 4 is 0 Å². The van der Waals surface area contributed by atoms with E-state index >= 15 is 0 Å². The molecule has 0 aromatic carbocycles. The van der Waals surface area contributed by atoms with Gasteiger partial charge in [0.25, 0.3) is 0 Å². The minimum absolute atomic E-state index is 0.266. The molecular formula is C16H25N3. The average Bonchev–Trinajstić information content (AvgIpc) is 2.93. The van der Waals surface area contributed by atoms with Crippen molar-refractivity contribution in [3.63, 3.8) is 0 Å². The van der Waals surface area contributed by atoms with Crippen LogP contribution in [0.25, 0.3) is 0 Å². The molecule has 104 valence electrons. The Morgan fingerprint density at radius 3 is 2.42 bits per heavy atom. The number of hydrogen-bond donors (Lipinski definition) is 1. The zero-order valence-corrected chi connectivity index (χ0v) is 12.0. The monoisotopic (exact) mass is 259 g/mol.